The molecule has 0 aromatic heterocycles. The average molecular weight is 162 g/mol. The molecule has 0 N–H and O–H groups in total. The highest BCUT2D eigenvalue weighted by atomic mass is 32.2. The van der Waals surface area contributed by atoms with E-state index >= 15 is 0 Å². The van der Waals surface area contributed by atoms with Crippen LogP contribution in [0.3, 0.4) is 0 Å². The molecule has 11 heavy (non-hydrogen) atoms. The topological polar surface area (TPSA) is 0 Å². The zero-order valence-electron chi connectivity index (χ0n) is 6.23. The summed E-state index contributed by atoms with van der Waals surface area (Å²) < 4.78 is 0. The molecule has 0 saturated carbocycles. The molecule has 1 saturated heterocycles. The lowest BCUT2D eigenvalue weighted by molar-refractivity contribution is 1.42. The van der Waals surface area contributed by atoms with Gasteiger partial charge in [-0.25, -0.2) is 0 Å². The lowest BCUT2D eigenvalue weighted by Gasteiger charge is -1.88. The number of thioether (sulfide) groups is 1. The van der Waals surface area contributed by atoms with Crippen molar-refractivity contribution in [3.05, 3.63) is 42.0 Å². The molecule has 1 aliphatic heterocycles. The zero-order valence-corrected chi connectivity index (χ0v) is 7.05. The fraction of sp³-hybridized carbons (Fsp3) is 0.200. The highest BCUT2D eigenvalue weighted by molar-refractivity contribution is 8.07. The maximum atomic E-state index is 2.28. The Balaban J connectivity index is 2.05. The molecule has 0 unspecified atom stereocenters. The first-order valence-corrected chi connectivity index (χ1v) is 4.85. The Morgan fingerprint density at radius 1 is 1.27 bits per heavy atom. The van der Waals surface area contributed by atoms with Gasteiger partial charge in [-0.2, -0.15) is 11.8 Å². The molecule has 1 aliphatic rings. The summed E-state index contributed by atoms with van der Waals surface area (Å²) in [5.74, 6) is 1.31. The lowest BCUT2D eigenvalue weighted by Crippen LogP contribution is -1.72. The molecule has 0 aliphatic carbocycles. The van der Waals surface area contributed by atoms with E-state index < -0.39 is 0 Å². The van der Waals surface area contributed by atoms with Crippen LogP contribution in [0.5, 0.6) is 0 Å². The second kappa shape index (κ2) is 3.14. The van der Waals surface area contributed by atoms with E-state index in [9.17, 15) is 0 Å². The lowest BCUT2D eigenvalue weighted by atomic mass is 10.2. The predicted molar refractivity (Wildman–Crippen MR) is 51.7 cm³/mol. The van der Waals surface area contributed by atoms with Crippen LogP contribution < -0.4 is 0 Å². The number of rotatable bonds is 2. The van der Waals surface area contributed by atoms with Crippen molar-refractivity contribution in [3.8, 4) is 0 Å². The van der Waals surface area contributed by atoms with Gasteiger partial charge >= 0.3 is 0 Å². The van der Waals surface area contributed by atoms with Crippen LogP contribution in [0.25, 0.3) is 6.08 Å². The standard InChI is InChI=1S/C10H10S/c1-2-4-9(5-3-1)6-7-10-8-11-10/h1-7,10H,8H2/b7-6+/t10-/m1/s1. The van der Waals surface area contributed by atoms with Gasteiger partial charge in [0.05, 0.1) is 0 Å². The Morgan fingerprint density at radius 3 is 2.64 bits per heavy atom. The molecule has 2 rings (SSSR count). The molecule has 1 aromatic carbocycles. The van der Waals surface area contributed by atoms with E-state index in [0.717, 1.165) is 5.25 Å². The quantitative estimate of drug-likeness (QED) is 0.602. The summed E-state index contributed by atoms with van der Waals surface area (Å²) in [5.41, 5.74) is 1.31. The molecule has 0 nitrogen and oxygen atoms in total. The smallest absolute Gasteiger partial charge is 0.0321 e. The second-order valence-corrected chi connectivity index (χ2v) is 3.91. The van der Waals surface area contributed by atoms with E-state index in [2.05, 4.69) is 36.4 Å². The van der Waals surface area contributed by atoms with Crippen molar-refractivity contribution in [1.29, 1.82) is 0 Å². The van der Waals surface area contributed by atoms with Crippen molar-refractivity contribution in [2.45, 2.75) is 5.25 Å². The van der Waals surface area contributed by atoms with Crippen molar-refractivity contribution in [3.63, 3.8) is 0 Å². The molecule has 0 radical (unpaired) electrons. The summed E-state index contributed by atoms with van der Waals surface area (Å²) in [7, 11) is 0. The summed E-state index contributed by atoms with van der Waals surface area (Å²) in [4.78, 5) is 0. The van der Waals surface area contributed by atoms with Gasteiger partial charge in [-0.05, 0) is 5.56 Å². The molecule has 1 aromatic rings. The molecule has 1 atom stereocenters. The second-order valence-electron chi connectivity index (χ2n) is 2.64. The summed E-state index contributed by atoms with van der Waals surface area (Å²) in [6.45, 7) is 0. The molecular formula is C10H10S. The van der Waals surface area contributed by atoms with Crippen molar-refractivity contribution in [1.82, 2.24) is 0 Å². The van der Waals surface area contributed by atoms with E-state index in [0.29, 0.717) is 0 Å². The van der Waals surface area contributed by atoms with Crippen LogP contribution >= 0.6 is 11.8 Å². The molecule has 56 valence electrons. The highest BCUT2D eigenvalue weighted by Gasteiger charge is 2.17. The Labute approximate surface area is 71.3 Å². The first-order valence-electron chi connectivity index (χ1n) is 3.80. The van der Waals surface area contributed by atoms with E-state index in [1.54, 1.807) is 0 Å². The third kappa shape index (κ3) is 2.12. The predicted octanol–water partition coefficient (Wildman–Crippen LogP) is 2.82. The fourth-order valence-corrected chi connectivity index (χ4v) is 1.36. The van der Waals surface area contributed by atoms with Gasteiger partial charge in [0.2, 0.25) is 0 Å². The Kier molecular flexibility index (Phi) is 1.99. The van der Waals surface area contributed by atoms with Crippen molar-refractivity contribution in [2.24, 2.45) is 0 Å². The monoisotopic (exact) mass is 162 g/mol. The third-order valence-electron chi connectivity index (χ3n) is 1.66. The van der Waals surface area contributed by atoms with Gasteiger partial charge in [0.15, 0.2) is 0 Å². The van der Waals surface area contributed by atoms with Gasteiger partial charge in [0, 0.05) is 11.0 Å². The van der Waals surface area contributed by atoms with Crippen LogP contribution in [-0.4, -0.2) is 11.0 Å². The Bertz CT molecular complexity index is 247. The summed E-state index contributed by atoms with van der Waals surface area (Å²) in [5, 5.41) is 0.801. The molecule has 1 fully saturated rings. The molecule has 0 spiro atoms. The van der Waals surface area contributed by atoms with Gasteiger partial charge in [0.25, 0.3) is 0 Å². The normalized spacial score (nSPS) is 22.4. The minimum Gasteiger partial charge on any atom is -0.152 e. The van der Waals surface area contributed by atoms with Gasteiger partial charge < -0.3 is 0 Å². The first kappa shape index (κ1) is 6.99. The van der Waals surface area contributed by atoms with Crippen LogP contribution in [-0.2, 0) is 0 Å². The number of benzene rings is 1. The van der Waals surface area contributed by atoms with Crippen molar-refractivity contribution >= 4 is 17.8 Å². The largest absolute Gasteiger partial charge is 0.152 e. The van der Waals surface area contributed by atoms with Gasteiger partial charge in [-0.15, -0.1) is 0 Å². The maximum absolute atomic E-state index is 2.28. The fourth-order valence-electron chi connectivity index (χ4n) is 0.949. The summed E-state index contributed by atoms with van der Waals surface area (Å²) in [6, 6.07) is 10.4. The van der Waals surface area contributed by atoms with E-state index in [1.807, 2.05) is 17.8 Å². The SMILES string of the molecule is C(=C\[C@@H]1CS1)/c1ccccc1. The van der Waals surface area contributed by atoms with Crippen molar-refractivity contribution in [2.75, 3.05) is 5.75 Å². The minimum atomic E-state index is 0.801. The number of hydrogen-bond acceptors (Lipinski definition) is 1. The Hall–Kier alpha value is -0.690. The van der Waals surface area contributed by atoms with Crippen molar-refractivity contribution < 1.29 is 0 Å². The summed E-state index contributed by atoms with van der Waals surface area (Å²) in [6.07, 6.45) is 4.48. The van der Waals surface area contributed by atoms with E-state index in [1.165, 1.54) is 11.3 Å². The van der Waals surface area contributed by atoms with Crippen LogP contribution in [0, 0.1) is 0 Å². The number of hydrogen-bond donors (Lipinski definition) is 0. The highest BCUT2D eigenvalue weighted by Crippen LogP contribution is 2.31. The Morgan fingerprint density at radius 2 is 2.00 bits per heavy atom. The molecular weight excluding hydrogens is 152 g/mol. The average Bonchev–Trinajstić information content (AvgIpc) is 2.86. The van der Waals surface area contributed by atoms with Crippen LogP contribution in [0.1, 0.15) is 5.56 Å². The molecule has 0 bridgehead atoms. The van der Waals surface area contributed by atoms with Crippen LogP contribution in [0.4, 0.5) is 0 Å². The molecule has 1 heteroatoms. The van der Waals surface area contributed by atoms with Gasteiger partial charge in [-0.1, -0.05) is 42.5 Å². The van der Waals surface area contributed by atoms with E-state index in [-0.39, 0.29) is 0 Å². The molecule has 1 heterocycles. The third-order valence-corrected chi connectivity index (χ3v) is 2.54. The van der Waals surface area contributed by atoms with Crippen LogP contribution in [0.2, 0.25) is 0 Å². The van der Waals surface area contributed by atoms with Gasteiger partial charge in [0.1, 0.15) is 0 Å². The van der Waals surface area contributed by atoms with E-state index in [4.69, 9.17) is 0 Å². The molecule has 0 amide bonds. The van der Waals surface area contributed by atoms with Gasteiger partial charge in [-0.3, -0.25) is 0 Å². The maximum Gasteiger partial charge on any atom is 0.0321 e. The zero-order chi connectivity index (χ0) is 7.52. The minimum absolute atomic E-state index is 0.801. The van der Waals surface area contributed by atoms with Crippen LogP contribution in [0.15, 0.2) is 36.4 Å². The first-order chi connectivity index (χ1) is 5.45. The summed E-state index contributed by atoms with van der Waals surface area (Å²) >= 11 is 2.00.